The first kappa shape index (κ1) is 13.1. The van der Waals surface area contributed by atoms with E-state index in [1.807, 2.05) is 0 Å². The molecule has 2 rings (SSSR count). The third-order valence-electron chi connectivity index (χ3n) is 3.97. The van der Waals surface area contributed by atoms with Crippen molar-refractivity contribution in [3.63, 3.8) is 0 Å². The molecule has 0 spiro atoms. The lowest BCUT2D eigenvalue weighted by Crippen LogP contribution is -2.49. The summed E-state index contributed by atoms with van der Waals surface area (Å²) in [6, 6.07) is 9.61. The van der Waals surface area contributed by atoms with Crippen LogP contribution in [-0.4, -0.2) is 12.6 Å². The van der Waals surface area contributed by atoms with E-state index in [1.54, 1.807) is 0 Å². The van der Waals surface area contributed by atoms with E-state index < -0.39 is 0 Å². The van der Waals surface area contributed by atoms with Gasteiger partial charge in [0.1, 0.15) is 0 Å². The van der Waals surface area contributed by atoms with E-state index in [-0.39, 0.29) is 0 Å². The first-order valence-electron chi connectivity index (χ1n) is 6.75. The highest BCUT2D eigenvalue weighted by molar-refractivity contribution is 9.10. The van der Waals surface area contributed by atoms with Crippen molar-refractivity contribution < 1.29 is 0 Å². The normalized spacial score (nSPS) is 27.8. The highest BCUT2D eigenvalue weighted by atomic mass is 79.9. The molecule has 0 bridgehead atoms. The summed E-state index contributed by atoms with van der Waals surface area (Å²) >= 11 is 3.50. The standard InChI is InChI=1S/C15H22BrN/c1-3-9-17-15-10-14(13(15)4-2)11-5-7-12(16)8-6-11/h5-8,13-15,17H,3-4,9-10H2,1-2H3. The first-order valence-corrected chi connectivity index (χ1v) is 7.54. The van der Waals surface area contributed by atoms with E-state index in [2.05, 4.69) is 59.4 Å². The summed E-state index contributed by atoms with van der Waals surface area (Å²) in [6.45, 7) is 5.71. The van der Waals surface area contributed by atoms with Gasteiger partial charge in [-0.25, -0.2) is 0 Å². The van der Waals surface area contributed by atoms with Crippen molar-refractivity contribution in [3.8, 4) is 0 Å². The number of halogens is 1. The summed E-state index contributed by atoms with van der Waals surface area (Å²) in [7, 11) is 0. The molecule has 2 heteroatoms. The summed E-state index contributed by atoms with van der Waals surface area (Å²) in [4.78, 5) is 0. The summed E-state index contributed by atoms with van der Waals surface area (Å²) in [6.07, 6.45) is 3.82. The summed E-state index contributed by atoms with van der Waals surface area (Å²) in [5.74, 6) is 1.59. The van der Waals surface area contributed by atoms with Crippen LogP contribution in [0.25, 0.3) is 0 Å². The minimum atomic E-state index is 0.744. The predicted octanol–water partition coefficient (Wildman–Crippen LogP) is 4.33. The van der Waals surface area contributed by atoms with E-state index in [0.717, 1.165) is 24.4 Å². The fourth-order valence-corrected chi connectivity index (χ4v) is 3.20. The monoisotopic (exact) mass is 295 g/mol. The van der Waals surface area contributed by atoms with Gasteiger partial charge in [-0.1, -0.05) is 48.3 Å². The molecule has 1 saturated carbocycles. The molecule has 0 heterocycles. The Morgan fingerprint density at radius 1 is 1.24 bits per heavy atom. The molecule has 1 N–H and O–H groups in total. The van der Waals surface area contributed by atoms with Gasteiger partial charge in [-0.3, -0.25) is 0 Å². The van der Waals surface area contributed by atoms with Crippen LogP contribution in [0.3, 0.4) is 0 Å². The summed E-state index contributed by atoms with van der Waals surface area (Å²) < 4.78 is 1.18. The van der Waals surface area contributed by atoms with Crippen LogP contribution in [0.2, 0.25) is 0 Å². The number of hydrogen-bond donors (Lipinski definition) is 1. The fourth-order valence-electron chi connectivity index (χ4n) is 2.93. The SMILES string of the molecule is CCCNC1CC(c2ccc(Br)cc2)C1CC. The minimum absolute atomic E-state index is 0.744. The highest BCUT2D eigenvalue weighted by Crippen LogP contribution is 2.44. The molecule has 0 aliphatic heterocycles. The Balaban J connectivity index is 1.97. The van der Waals surface area contributed by atoms with Crippen molar-refractivity contribution in [1.29, 1.82) is 0 Å². The third kappa shape index (κ3) is 2.92. The van der Waals surface area contributed by atoms with Gasteiger partial charge in [0, 0.05) is 10.5 Å². The Morgan fingerprint density at radius 2 is 1.94 bits per heavy atom. The maximum atomic E-state index is 3.67. The fraction of sp³-hybridized carbons (Fsp3) is 0.600. The maximum absolute atomic E-state index is 3.67. The van der Waals surface area contributed by atoms with Gasteiger partial charge in [-0.05, 0) is 48.9 Å². The second kappa shape index (κ2) is 6.01. The molecular formula is C15H22BrN. The topological polar surface area (TPSA) is 12.0 Å². The van der Waals surface area contributed by atoms with Crippen molar-refractivity contribution in [2.45, 2.75) is 45.1 Å². The lowest BCUT2D eigenvalue weighted by molar-refractivity contribution is 0.161. The molecule has 1 fully saturated rings. The van der Waals surface area contributed by atoms with E-state index in [1.165, 1.54) is 29.3 Å². The Kier molecular flexibility index (Phi) is 4.63. The second-order valence-electron chi connectivity index (χ2n) is 5.03. The highest BCUT2D eigenvalue weighted by Gasteiger charge is 2.39. The largest absolute Gasteiger partial charge is 0.314 e. The van der Waals surface area contributed by atoms with Gasteiger partial charge in [-0.15, -0.1) is 0 Å². The minimum Gasteiger partial charge on any atom is -0.314 e. The quantitative estimate of drug-likeness (QED) is 0.852. The van der Waals surface area contributed by atoms with Crippen molar-refractivity contribution >= 4 is 15.9 Å². The predicted molar refractivity (Wildman–Crippen MR) is 77.4 cm³/mol. The molecule has 3 atom stereocenters. The van der Waals surface area contributed by atoms with Gasteiger partial charge in [0.05, 0.1) is 0 Å². The van der Waals surface area contributed by atoms with Crippen LogP contribution < -0.4 is 5.32 Å². The molecule has 0 amide bonds. The molecule has 1 aliphatic rings. The van der Waals surface area contributed by atoms with Crippen molar-refractivity contribution in [1.82, 2.24) is 5.32 Å². The van der Waals surface area contributed by atoms with Crippen molar-refractivity contribution in [3.05, 3.63) is 34.3 Å². The van der Waals surface area contributed by atoms with Gasteiger partial charge in [-0.2, -0.15) is 0 Å². The van der Waals surface area contributed by atoms with Crippen molar-refractivity contribution in [2.75, 3.05) is 6.54 Å². The van der Waals surface area contributed by atoms with Crippen LogP contribution in [0.5, 0.6) is 0 Å². The van der Waals surface area contributed by atoms with E-state index in [0.29, 0.717) is 0 Å². The Bertz CT molecular complexity index is 346. The van der Waals surface area contributed by atoms with Crippen LogP contribution in [0, 0.1) is 5.92 Å². The molecule has 1 aliphatic carbocycles. The van der Waals surface area contributed by atoms with Gasteiger partial charge in [0.25, 0.3) is 0 Å². The van der Waals surface area contributed by atoms with E-state index in [9.17, 15) is 0 Å². The van der Waals surface area contributed by atoms with Crippen LogP contribution in [0.1, 0.15) is 44.6 Å². The van der Waals surface area contributed by atoms with E-state index >= 15 is 0 Å². The van der Waals surface area contributed by atoms with Crippen LogP contribution in [0.15, 0.2) is 28.7 Å². The lowest BCUT2D eigenvalue weighted by Gasteiger charge is -2.45. The smallest absolute Gasteiger partial charge is 0.0175 e. The number of nitrogens with one attached hydrogen (secondary N) is 1. The zero-order valence-electron chi connectivity index (χ0n) is 10.7. The van der Waals surface area contributed by atoms with Gasteiger partial charge < -0.3 is 5.32 Å². The van der Waals surface area contributed by atoms with Crippen LogP contribution in [-0.2, 0) is 0 Å². The van der Waals surface area contributed by atoms with Gasteiger partial charge in [0.15, 0.2) is 0 Å². The van der Waals surface area contributed by atoms with Crippen LogP contribution in [0.4, 0.5) is 0 Å². The lowest BCUT2D eigenvalue weighted by atomic mass is 9.65. The Labute approximate surface area is 113 Å². The summed E-state index contributed by atoms with van der Waals surface area (Å²) in [5, 5.41) is 3.67. The molecule has 17 heavy (non-hydrogen) atoms. The first-order chi connectivity index (χ1) is 8.26. The number of rotatable bonds is 5. The van der Waals surface area contributed by atoms with E-state index in [4.69, 9.17) is 0 Å². The molecule has 3 unspecified atom stereocenters. The molecule has 0 radical (unpaired) electrons. The summed E-state index contributed by atoms with van der Waals surface area (Å²) in [5.41, 5.74) is 1.51. The van der Waals surface area contributed by atoms with Gasteiger partial charge >= 0.3 is 0 Å². The molecule has 0 aromatic heterocycles. The number of hydrogen-bond acceptors (Lipinski definition) is 1. The molecule has 1 nitrogen and oxygen atoms in total. The van der Waals surface area contributed by atoms with Gasteiger partial charge in [0.2, 0.25) is 0 Å². The second-order valence-corrected chi connectivity index (χ2v) is 5.94. The van der Waals surface area contributed by atoms with Crippen LogP contribution >= 0.6 is 15.9 Å². The number of benzene rings is 1. The molecular weight excluding hydrogens is 274 g/mol. The molecule has 0 saturated heterocycles. The zero-order chi connectivity index (χ0) is 12.3. The molecule has 94 valence electrons. The molecule has 1 aromatic carbocycles. The average molecular weight is 296 g/mol. The average Bonchev–Trinajstić information content (AvgIpc) is 2.31. The Morgan fingerprint density at radius 3 is 2.53 bits per heavy atom. The zero-order valence-corrected chi connectivity index (χ0v) is 12.3. The van der Waals surface area contributed by atoms with Crippen molar-refractivity contribution in [2.24, 2.45) is 5.92 Å². The Hall–Kier alpha value is -0.340. The molecule has 1 aromatic rings. The maximum Gasteiger partial charge on any atom is 0.0175 e. The third-order valence-corrected chi connectivity index (χ3v) is 4.50.